The highest BCUT2D eigenvalue weighted by atomic mass is 32.1. The second-order valence-corrected chi connectivity index (χ2v) is 9.27. The fourth-order valence-electron chi connectivity index (χ4n) is 3.21. The van der Waals surface area contributed by atoms with Gasteiger partial charge < -0.3 is 5.32 Å². The molecule has 0 saturated heterocycles. The Morgan fingerprint density at radius 1 is 1.07 bits per heavy atom. The molecule has 0 aliphatic carbocycles. The van der Waals surface area contributed by atoms with Gasteiger partial charge in [-0.25, -0.2) is 4.98 Å². The average Bonchev–Trinajstić information content (AvgIpc) is 3.29. The Hall–Kier alpha value is -3.00. The first-order valence-electron chi connectivity index (χ1n) is 9.42. The van der Waals surface area contributed by atoms with Gasteiger partial charge >= 0.3 is 0 Å². The number of amides is 1. The molecule has 4 rings (SSSR count). The second-order valence-electron chi connectivity index (χ2n) is 8.26. The lowest BCUT2D eigenvalue weighted by Gasteiger charge is -2.18. The highest BCUT2D eigenvalue weighted by Gasteiger charge is 2.19. The Morgan fingerprint density at radius 3 is 2.45 bits per heavy atom. The van der Waals surface area contributed by atoms with Crippen LogP contribution in [0.3, 0.4) is 0 Å². The summed E-state index contributed by atoms with van der Waals surface area (Å²) in [6.07, 6.45) is 0. The minimum absolute atomic E-state index is 0.0704. The van der Waals surface area contributed by atoms with Crippen molar-refractivity contribution in [1.82, 2.24) is 24.5 Å². The Bertz CT molecular complexity index is 1220. The number of nitrogens with zero attached hydrogens (tertiary/aromatic N) is 5. The van der Waals surface area contributed by atoms with Gasteiger partial charge in [-0.3, -0.25) is 9.48 Å². The van der Waals surface area contributed by atoms with Gasteiger partial charge in [-0.2, -0.15) is 14.9 Å². The predicted octanol–water partition coefficient (Wildman–Crippen LogP) is 4.38. The maximum absolute atomic E-state index is 12.7. The standard InChI is InChI=1S/C21H24N6OS/c1-12-9-16(26(6)24-12)19(28)23-18-10-13(2)25-27(18)20-22-15-8-7-14(21(3,4)5)11-17(15)29-20/h7-11H,1-6H3,(H,23,28). The van der Waals surface area contributed by atoms with Crippen molar-refractivity contribution in [1.29, 1.82) is 0 Å². The fraction of sp³-hybridized carbons (Fsp3) is 0.333. The highest BCUT2D eigenvalue weighted by molar-refractivity contribution is 7.20. The van der Waals surface area contributed by atoms with E-state index in [1.165, 1.54) is 5.56 Å². The summed E-state index contributed by atoms with van der Waals surface area (Å²) in [5.41, 5.74) is 4.34. The monoisotopic (exact) mass is 408 g/mol. The van der Waals surface area contributed by atoms with Crippen molar-refractivity contribution in [3.63, 3.8) is 0 Å². The first kappa shape index (κ1) is 19.3. The van der Waals surface area contributed by atoms with Crippen molar-refractivity contribution in [3.8, 4) is 5.13 Å². The van der Waals surface area contributed by atoms with Gasteiger partial charge in [0.05, 0.1) is 21.6 Å². The molecule has 8 heteroatoms. The lowest BCUT2D eigenvalue weighted by Crippen LogP contribution is -2.18. The van der Waals surface area contributed by atoms with Crippen LogP contribution in [0.5, 0.6) is 0 Å². The molecule has 0 spiro atoms. The van der Waals surface area contributed by atoms with Gasteiger partial charge in [-0.05, 0) is 43.0 Å². The first-order chi connectivity index (χ1) is 13.6. The number of carbonyl (C=O) groups excluding carboxylic acids is 1. The molecule has 0 unspecified atom stereocenters. The fourth-order valence-corrected chi connectivity index (χ4v) is 4.18. The molecular weight excluding hydrogens is 384 g/mol. The lowest BCUT2D eigenvalue weighted by molar-refractivity contribution is 0.101. The molecule has 4 aromatic rings. The molecule has 0 aliphatic rings. The maximum atomic E-state index is 12.7. The van der Waals surface area contributed by atoms with Gasteiger partial charge in [-0.1, -0.05) is 38.2 Å². The highest BCUT2D eigenvalue weighted by Crippen LogP contribution is 2.31. The van der Waals surface area contributed by atoms with Crippen molar-refractivity contribution in [2.45, 2.75) is 40.0 Å². The molecule has 29 heavy (non-hydrogen) atoms. The van der Waals surface area contributed by atoms with E-state index in [-0.39, 0.29) is 11.3 Å². The van der Waals surface area contributed by atoms with Crippen molar-refractivity contribution < 1.29 is 4.79 Å². The summed E-state index contributed by atoms with van der Waals surface area (Å²) in [6.45, 7) is 10.3. The third kappa shape index (κ3) is 3.67. The van der Waals surface area contributed by atoms with Crippen LogP contribution in [0, 0.1) is 13.8 Å². The van der Waals surface area contributed by atoms with Gasteiger partial charge in [-0.15, -0.1) is 0 Å². The summed E-state index contributed by atoms with van der Waals surface area (Å²) in [5, 5.41) is 12.5. The number of aromatic nitrogens is 5. The summed E-state index contributed by atoms with van der Waals surface area (Å²) < 4.78 is 4.36. The molecule has 1 amide bonds. The van der Waals surface area contributed by atoms with Gasteiger partial charge in [0, 0.05) is 13.1 Å². The number of aryl methyl sites for hydroxylation is 3. The van der Waals surface area contributed by atoms with E-state index in [0.717, 1.165) is 26.7 Å². The molecule has 0 aliphatic heterocycles. The zero-order valence-corrected chi connectivity index (χ0v) is 18.3. The number of thiazole rings is 1. The van der Waals surface area contributed by atoms with Gasteiger partial charge in [0.25, 0.3) is 5.91 Å². The molecule has 0 fully saturated rings. The zero-order chi connectivity index (χ0) is 20.9. The van der Waals surface area contributed by atoms with Crippen molar-refractivity contribution >= 4 is 33.3 Å². The quantitative estimate of drug-likeness (QED) is 0.546. The van der Waals surface area contributed by atoms with Crippen LogP contribution in [-0.2, 0) is 12.5 Å². The van der Waals surface area contributed by atoms with Gasteiger partial charge in [0.1, 0.15) is 11.5 Å². The molecule has 0 atom stereocenters. The minimum Gasteiger partial charge on any atom is -0.305 e. The molecule has 0 bridgehead atoms. The maximum Gasteiger partial charge on any atom is 0.275 e. The number of hydrogen-bond donors (Lipinski definition) is 1. The van der Waals surface area contributed by atoms with Crippen molar-refractivity contribution in [2.24, 2.45) is 7.05 Å². The number of anilines is 1. The van der Waals surface area contributed by atoms with Gasteiger partial charge in [0.2, 0.25) is 5.13 Å². The predicted molar refractivity (Wildman–Crippen MR) is 116 cm³/mol. The van der Waals surface area contributed by atoms with Gasteiger partial charge in [0.15, 0.2) is 0 Å². The lowest BCUT2D eigenvalue weighted by atomic mass is 9.87. The number of rotatable bonds is 3. The Labute approximate surface area is 173 Å². The number of fused-ring (bicyclic) bond motifs is 1. The molecule has 3 aromatic heterocycles. The van der Waals surface area contributed by atoms with Crippen LogP contribution >= 0.6 is 11.3 Å². The SMILES string of the molecule is Cc1cc(C(=O)Nc2cc(C)nn2-c2nc3ccc(C(C)(C)C)cc3s2)n(C)n1. The Kier molecular flexibility index (Phi) is 4.53. The molecule has 0 saturated carbocycles. The van der Waals surface area contributed by atoms with E-state index < -0.39 is 0 Å². The van der Waals surface area contributed by atoms with Crippen LogP contribution in [0.15, 0.2) is 30.3 Å². The number of carbonyl (C=O) groups is 1. The van der Waals surface area contributed by atoms with E-state index in [2.05, 4.69) is 48.4 Å². The topological polar surface area (TPSA) is 77.6 Å². The number of benzene rings is 1. The van der Waals surface area contributed by atoms with Crippen LogP contribution in [-0.4, -0.2) is 30.5 Å². The van der Waals surface area contributed by atoms with E-state index in [9.17, 15) is 4.79 Å². The van der Waals surface area contributed by atoms with Crippen LogP contribution in [0.2, 0.25) is 0 Å². The Balaban J connectivity index is 1.71. The first-order valence-corrected chi connectivity index (χ1v) is 10.2. The summed E-state index contributed by atoms with van der Waals surface area (Å²) in [7, 11) is 1.75. The molecule has 0 radical (unpaired) electrons. The third-order valence-electron chi connectivity index (χ3n) is 4.73. The summed E-state index contributed by atoms with van der Waals surface area (Å²) >= 11 is 1.56. The third-order valence-corrected chi connectivity index (χ3v) is 5.73. The molecule has 1 N–H and O–H groups in total. The average molecular weight is 409 g/mol. The largest absolute Gasteiger partial charge is 0.305 e. The normalized spacial score (nSPS) is 11.9. The van der Waals surface area contributed by atoms with Crippen molar-refractivity contribution in [3.05, 3.63) is 53.0 Å². The van der Waals surface area contributed by atoms with Crippen LogP contribution in [0.4, 0.5) is 5.82 Å². The summed E-state index contributed by atoms with van der Waals surface area (Å²) in [6, 6.07) is 9.95. The summed E-state index contributed by atoms with van der Waals surface area (Å²) in [4.78, 5) is 17.5. The molecule has 7 nitrogen and oxygen atoms in total. The van der Waals surface area contributed by atoms with E-state index in [1.807, 2.05) is 26.0 Å². The van der Waals surface area contributed by atoms with Crippen LogP contribution < -0.4 is 5.32 Å². The molecule has 1 aromatic carbocycles. The number of nitrogens with one attached hydrogen (secondary N) is 1. The Morgan fingerprint density at radius 2 is 1.79 bits per heavy atom. The van der Waals surface area contributed by atoms with Crippen LogP contribution in [0.1, 0.15) is 48.2 Å². The van der Waals surface area contributed by atoms with E-state index in [0.29, 0.717) is 11.5 Å². The number of hydrogen-bond acceptors (Lipinski definition) is 5. The molecular formula is C21H24N6OS. The van der Waals surface area contributed by atoms with E-state index >= 15 is 0 Å². The zero-order valence-electron chi connectivity index (χ0n) is 17.4. The van der Waals surface area contributed by atoms with Crippen molar-refractivity contribution in [2.75, 3.05) is 5.32 Å². The van der Waals surface area contributed by atoms with E-state index in [1.54, 1.807) is 33.8 Å². The van der Waals surface area contributed by atoms with Crippen LogP contribution in [0.25, 0.3) is 15.3 Å². The van der Waals surface area contributed by atoms with E-state index in [4.69, 9.17) is 4.98 Å². The minimum atomic E-state index is -0.231. The molecule has 150 valence electrons. The summed E-state index contributed by atoms with van der Waals surface area (Å²) in [5.74, 6) is 0.354. The smallest absolute Gasteiger partial charge is 0.275 e. The second kappa shape index (κ2) is 6.81. The molecule has 3 heterocycles.